The van der Waals surface area contributed by atoms with E-state index in [4.69, 9.17) is 14.6 Å². The van der Waals surface area contributed by atoms with E-state index in [2.05, 4.69) is 9.97 Å². The average Bonchev–Trinajstić information content (AvgIpc) is 2.86. The Labute approximate surface area is 122 Å². The van der Waals surface area contributed by atoms with E-state index in [-0.39, 0.29) is 0 Å². The van der Waals surface area contributed by atoms with Crippen LogP contribution in [0.1, 0.15) is 12.2 Å². The summed E-state index contributed by atoms with van der Waals surface area (Å²) in [5, 5.41) is 8.78. The van der Waals surface area contributed by atoms with Crippen LogP contribution >= 0.6 is 0 Å². The van der Waals surface area contributed by atoms with Crippen LogP contribution in [0.4, 0.5) is 4.79 Å². The maximum absolute atomic E-state index is 10.7. The molecule has 0 unspecified atom stereocenters. The minimum atomic E-state index is -0.922. The van der Waals surface area contributed by atoms with Gasteiger partial charge in [-0.3, -0.25) is 0 Å². The summed E-state index contributed by atoms with van der Waals surface area (Å²) in [6.45, 7) is 0.471. The molecule has 2 aromatic rings. The molecule has 21 heavy (non-hydrogen) atoms. The SMILES string of the molecule is COc1cc2nc(CCCN(C)C(=O)O)[nH]c2cc1OC. The normalized spacial score (nSPS) is 10.6. The zero-order valence-corrected chi connectivity index (χ0v) is 12.3. The number of carbonyl (C=O) groups is 1. The predicted molar refractivity (Wildman–Crippen MR) is 78.2 cm³/mol. The molecule has 0 atom stereocenters. The first kappa shape index (κ1) is 15.0. The van der Waals surface area contributed by atoms with Gasteiger partial charge in [0.2, 0.25) is 0 Å². The van der Waals surface area contributed by atoms with Gasteiger partial charge in [0, 0.05) is 32.1 Å². The predicted octanol–water partition coefficient (Wildman–Crippen LogP) is 2.12. The first-order chi connectivity index (χ1) is 10.0. The molecule has 0 aliphatic carbocycles. The maximum atomic E-state index is 10.7. The van der Waals surface area contributed by atoms with Crippen molar-refractivity contribution in [2.24, 2.45) is 0 Å². The number of imidazole rings is 1. The number of aromatic nitrogens is 2. The van der Waals surface area contributed by atoms with Crippen LogP contribution in [-0.4, -0.2) is 53.9 Å². The van der Waals surface area contributed by atoms with E-state index < -0.39 is 6.09 Å². The number of rotatable bonds is 6. The highest BCUT2D eigenvalue weighted by Crippen LogP contribution is 2.31. The average molecular weight is 293 g/mol. The molecule has 0 aliphatic rings. The lowest BCUT2D eigenvalue weighted by Gasteiger charge is -2.11. The minimum Gasteiger partial charge on any atom is -0.493 e. The zero-order valence-electron chi connectivity index (χ0n) is 12.3. The summed E-state index contributed by atoms with van der Waals surface area (Å²) in [6.07, 6.45) is 0.461. The van der Waals surface area contributed by atoms with Crippen molar-refractivity contribution >= 4 is 17.1 Å². The lowest BCUT2D eigenvalue weighted by molar-refractivity contribution is 0.155. The molecule has 1 heterocycles. The van der Waals surface area contributed by atoms with Gasteiger partial charge in [-0.25, -0.2) is 9.78 Å². The van der Waals surface area contributed by atoms with Crippen LogP contribution in [0.25, 0.3) is 11.0 Å². The Morgan fingerprint density at radius 1 is 1.33 bits per heavy atom. The van der Waals surface area contributed by atoms with Crippen molar-refractivity contribution < 1.29 is 19.4 Å². The Hall–Kier alpha value is -2.44. The Morgan fingerprint density at radius 3 is 2.62 bits per heavy atom. The summed E-state index contributed by atoms with van der Waals surface area (Å²) in [7, 11) is 4.72. The molecule has 0 aliphatic heterocycles. The number of aryl methyl sites for hydroxylation is 1. The van der Waals surface area contributed by atoms with Gasteiger partial charge in [-0.05, 0) is 6.42 Å². The van der Waals surface area contributed by atoms with Crippen LogP contribution in [0.3, 0.4) is 0 Å². The molecule has 0 radical (unpaired) electrons. The highest BCUT2D eigenvalue weighted by Gasteiger charge is 2.10. The molecule has 1 amide bonds. The number of hydrogen-bond acceptors (Lipinski definition) is 4. The van der Waals surface area contributed by atoms with Crippen molar-refractivity contribution in [3.63, 3.8) is 0 Å². The molecule has 0 bridgehead atoms. The third kappa shape index (κ3) is 3.36. The Kier molecular flexibility index (Phi) is 4.52. The highest BCUT2D eigenvalue weighted by atomic mass is 16.5. The van der Waals surface area contributed by atoms with Gasteiger partial charge < -0.3 is 24.5 Å². The lowest BCUT2D eigenvalue weighted by atomic mass is 10.3. The van der Waals surface area contributed by atoms with Gasteiger partial charge in [0.1, 0.15) is 5.82 Å². The molecule has 7 nitrogen and oxygen atoms in total. The van der Waals surface area contributed by atoms with Gasteiger partial charge in [-0.15, -0.1) is 0 Å². The molecule has 1 aromatic heterocycles. The number of nitrogens with one attached hydrogen (secondary N) is 1. The van der Waals surface area contributed by atoms with Gasteiger partial charge in [0.15, 0.2) is 11.5 Å². The molecule has 0 saturated heterocycles. The lowest BCUT2D eigenvalue weighted by Crippen LogP contribution is -2.25. The summed E-state index contributed by atoms with van der Waals surface area (Å²) in [6, 6.07) is 3.66. The Balaban J connectivity index is 2.10. The van der Waals surface area contributed by atoms with E-state index in [0.717, 1.165) is 16.9 Å². The molecular formula is C14H19N3O4. The molecule has 0 saturated carbocycles. The number of ether oxygens (including phenoxy) is 2. The van der Waals surface area contributed by atoms with Crippen molar-refractivity contribution in [1.29, 1.82) is 0 Å². The summed E-state index contributed by atoms with van der Waals surface area (Å²) < 4.78 is 10.5. The maximum Gasteiger partial charge on any atom is 0.407 e. The fourth-order valence-corrected chi connectivity index (χ4v) is 2.09. The van der Waals surface area contributed by atoms with Crippen LogP contribution in [0.5, 0.6) is 11.5 Å². The minimum absolute atomic E-state index is 0.471. The molecular weight excluding hydrogens is 274 g/mol. The fourth-order valence-electron chi connectivity index (χ4n) is 2.09. The summed E-state index contributed by atoms with van der Waals surface area (Å²) in [4.78, 5) is 19.7. The third-order valence-electron chi connectivity index (χ3n) is 3.27. The summed E-state index contributed by atoms with van der Waals surface area (Å²) in [5.41, 5.74) is 1.67. The van der Waals surface area contributed by atoms with Crippen LogP contribution in [0, 0.1) is 0 Å². The molecule has 2 N–H and O–H groups in total. The van der Waals surface area contributed by atoms with Gasteiger partial charge in [-0.1, -0.05) is 0 Å². The molecule has 7 heteroatoms. The first-order valence-electron chi connectivity index (χ1n) is 6.59. The number of carboxylic acid groups (broad SMARTS) is 1. The Bertz CT molecular complexity index is 597. The van der Waals surface area contributed by atoms with E-state index in [1.54, 1.807) is 21.3 Å². The number of nitrogens with zero attached hydrogens (tertiary/aromatic N) is 2. The summed E-state index contributed by atoms with van der Waals surface area (Å²) >= 11 is 0. The van der Waals surface area contributed by atoms with Crippen LogP contribution in [-0.2, 0) is 6.42 Å². The number of fused-ring (bicyclic) bond motifs is 1. The van der Waals surface area contributed by atoms with Gasteiger partial charge >= 0.3 is 6.09 Å². The van der Waals surface area contributed by atoms with E-state index in [1.165, 1.54) is 4.90 Å². The van der Waals surface area contributed by atoms with Crippen LogP contribution < -0.4 is 9.47 Å². The smallest absolute Gasteiger partial charge is 0.407 e. The second-order valence-corrected chi connectivity index (χ2v) is 4.72. The topological polar surface area (TPSA) is 87.7 Å². The van der Waals surface area contributed by atoms with Crippen molar-refractivity contribution in [2.75, 3.05) is 27.8 Å². The number of benzene rings is 1. The number of hydrogen-bond donors (Lipinski definition) is 2. The van der Waals surface area contributed by atoms with E-state index in [1.807, 2.05) is 12.1 Å². The van der Waals surface area contributed by atoms with Crippen LogP contribution in [0.2, 0.25) is 0 Å². The van der Waals surface area contributed by atoms with Crippen LogP contribution in [0.15, 0.2) is 12.1 Å². The van der Waals surface area contributed by atoms with Crippen molar-refractivity contribution in [1.82, 2.24) is 14.9 Å². The van der Waals surface area contributed by atoms with Gasteiger partial charge in [0.25, 0.3) is 0 Å². The molecule has 2 rings (SSSR count). The van der Waals surface area contributed by atoms with Gasteiger partial charge in [0.05, 0.1) is 25.3 Å². The number of H-pyrrole nitrogens is 1. The third-order valence-corrected chi connectivity index (χ3v) is 3.27. The number of aromatic amines is 1. The fraction of sp³-hybridized carbons (Fsp3) is 0.429. The van der Waals surface area contributed by atoms with Gasteiger partial charge in [-0.2, -0.15) is 0 Å². The summed E-state index contributed by atoms with van der Waals surface area (Å²) in [5.74, 6) is 2.10. The second-order valence-electron chi connectivity index (χ2n) is 4.72. The molecule has 0 fully saturated rings. The van der Waals surface area contributed by atoms with Crippen molar-refractivity contribution in [3.05, 3.63) is 18.0 Å². The number of amides is 1. The molecule has 0 spiro atoms. The molecule has 114 valence electrons. The molecule has 1 aromatic carbocycles. The highest BCUT2D eigenvalue weighted by molar-refractivity contribution is 5.79. The van der Waals surface area contributed by atoms with E-state index in [9.17, 15) is 4.79 Å². The first-order valence-corrected chi connectivity index (χ1v) is 6.59. The van der Waals surface area contributed by atoms with E-state index in [0.29, 0.717) is 30.9 Å². The monoisotopic (exact) mass is 293 g/mol. The van der Waals surface area contributed by atoms with Crippen molar-refractivity contribution in [2.45, 2.75) is 12.8 Å². The van der Waals surface area contributed by atoms with Crippen molar-refractivity contribution in [3.8, 4) is 11.5 Å². The largest absolute Gasteiger partial charge is 0.493 e. The Morgan fingerprint density at radius 2 is 2.00 bits per heavy atom. The standard InChI is InChI=1S/C14H19N3O4/c1-17(14(18)19)6-4-5-13-15-9-7-11(20-2)12(21-3)8-10(9)16-13/h7-8H,4-6H2,1-3H3,(H,15,16)(H,18,19). The number of methoxy groups -OCH3 is 2. The second kappa shape index (κ2) is 6.34. The van der Waals surface area contributed by atoms with E-state index >= 15 is 0 Å². The quantitative estimate of drug-likeness (QED) is 0.851. The zero-order chi connectivity index (χ0) is 15.4.